The van der Waals surface area contributed by atoms with Crippen molar-refractivity contribution in [3.63, 3.8) is 0 Å². The molecule has 14 heavy (non-hydrogen) atoms. The third-order valence-electron chi connectivity index (χ3n) is 1.80. The molecule has 0 bridgehead atoms. The molecule has 7 heteroatoms. The maximum absolute atomic E-state index is 11.5. The Balaban J connectivity index is 2.62. The van der Waals surface area contributed by atoms with Crippen LogP contribution in [-0.2, 0) is 13.6 Å². The van der Waals surface area contributed by atoms with E-state index in [-0.39, 0.29) is 6.03 Å². The van der Waals surface area contributed by atoms with Gasteiger partial charge in [0.05, 0.1) is 6.54 Å². The minimum absolute atomic E-state index is 0.0759. The normalized spacial score (nSPS) is 10.0. The Morgan fingerprint density at radius 1 is 1.43 bits per heavy atom. The van der Waals surface area contributed by atoms with Crippen molar-refractivity contribution in [3.05, 3.63) is 5.82 Å². The van der Waals surface area contributed by atoms with Crippen molar-refractivity contribution in [2.45, 2.75) is 6.54 Å². The lowest BCUT2D eigenvalue weighted by Gasteiger charge is -2.20. The summed E-state index contributed by atoms with van der Waals surface area (Å²) >= 11 is 0. The largest absolute Gasteiger partial charge is 0.331 e. The fraction of sp³-hybridized carbons (Fsp3) is 0.714. The van der Waals surface area contributed by atoms with Gasteiger partial charge in [0.15, 0.2) is 5.82 Å². The number of urea groups is 1. The maximum atomic E-state index is 11.5. The molecule has 0 N–H and O–H groups in total. The Hall–Kier alpha value is -1.66. The van der Waals surface area contributed by atoms with Crippen molar-refractivity contribution in [2.75, 3.05) is 21.1 Å². The molecule has 0 unspecified atom stereocenters. The van der Waals surface area contributed by atoms with Gasteiger partial charge in [0.2, 0.25) is 0 Å². The fourth-order valence-corrected chi connectivity index (χ4v) is 1.00. The lowest BCUT2D eigenvalue weighted by atomic mass is 10.5. The third kappa shape index (κ3) is 2.18. The van der Waals surface area contributed by atoms with E-state index in [1.165, 1.54) is 4.90 Å². The molecule has 1 rings (SSSR count). The second-order valence-electron chi connectivity index (χ2n) is 3.25. The molecule has 78 valence electrons. The average Bonchev–Trinajstić information content (AvgIpc) is 2.50. The van der Waals surface area contributed by atoms with Crippen LogP contribution in [-0.4, -0.2) is 57.2 Å². The molecule has 0 spiro atoms. The molecule has 0 radical (unpaired) electrons. The zero-order valence-corrected chi connectivity index (χ0v) is 8.80. The quantitative estimate of drug-likeness (QED) is 0.631. The van der Waals surface area contributed by atoms with Crippen LogP contribution in [0.2, 0.25) is 0 Å². The molecule has 1 aromatic rings. The van der Waals surface area contributed by atoms with E-state index in [1.807, 2.05) is 0 Å². The van der Waals surface area contributed by atoms with E-state index < -0.39 is 0 Å². The molecule has 2 amide bonds. The van der Waals surface area contributed by atoms with Crippen molar-refractivity contribution < 1.29 is 4.79 Å². The Kier molecular flexibility index (Phi) is 3.00. The van der Waals surface area contributed by atoms with Crippen molar-refractivity contribution in [1.29, 1.82) is 0 Å². The number of rotatable bonds is 2. The van der Waals surface area contributed by atoms with Gasteiger partial charge in [-0.05, 0) is 10.4 Å². The van der Waals surface area contributed by atoms with Crippen LogP contribution in [0.3, 0.4) is 0 Å². The summed E-state index contributed by atoms with van der Waals surface area (Å²) in [7, 11) is 6.85. The minimum atomic E-state index is -0.0759. The van der Waals surface area contributed by atoms with Gasteiger partial charge in [0.1, 0.15) is 0 Å². The van der Waals surface area contributed by atoms with Crippen LogP contribution in [0.25, 0.3) is 0 Å². The molecule has 1 aromatic heterocycles. The van der Waals surface area contributed by atoms with Gasteiger partial charge in [-0.15, -0.1) is 5.10 Å². The summed E-state index contributed by atoms with van der Waals surface area (Å²) < 4.78 is 1.54. The summed E-state index contributed by atoms with van der Waals surface area (Å²) in [5.74, 6) is 0.655. The number of amides is 2. The van der Waals surface area contributed by atoms with Gasteiger partial charge in [-0.3, -0.25) is 0 Å². The van der Waals surface area contributed by atoms with Crippen molar-refractivity contribution in [1.82, 2.24) is 30.0 Å². The zero-order valence-electron chi connectivity index (χ0n) is 8.80. The molecule has 0 aliphatic carbocycles. The van der Waals surface area contributed by atoms with Crippen molar-refractivity contribution in [3.8, 4) is 0 Å². The number of tetrazole rings is 1. The molecule has 0 aliphatic heterocycles. The smallest absolute Gasteiger partial charge is 0.319 e. The number of carbonyl (C=O) groups is 1. The first-order valence-electron chi connectivity index (χ1n) is 4.16. The highest BCUT2D eigenvalue weighted by molar-refractivity contribution is 5.73. The molecule has 7 nitrogen and oxygen atoms in total. The van der Waals surface area contributed by atoms with E-state index in [0.717, 1.165) is 0 Å². The van der Waals surface area contributed by atoms with Gasteiger partial charge in [0, 0.05) is 28.2 Å². The predicted octanol–water partition coefficient (Wildman–Crippen LogP) is -0.676. The average molecular weight is 198 g/mol. The van der Waals surface area contributed by atoms with Crippen LogP contribution < -0.4 is 0 Å². The monoisotopic (exact) mass is 198 g/mol. The molecule has 0 aliphatic rings. The maximum Gasteiger partial charge on any atom is 0.319 e. The van der Waals surface area contributed by atoms with Crippen LogP contribution >= 0.6 is 0 Å². The van der Waals surface area contributed by atoms with Crippen molar-refractivity contribution >= 4 is 6.03 Å². The summed E-state index contributed by atoms with van der Waals surface area (Å²) in [4.78, 5) is 14.5. The van der Waals surface area contributed by atoms with E-state index >= 15 is 0 Å². The topological polar surface area (TPSA) is 67.2 Å². The fourth-order valence-electron chi connectivity index (χ4n) is 1.00. The molecule has 0 aromatic carbocycles. The second kappa shape index (κ2) is 4.03. The molecule has 0 saturated carbocycles. The van der Waals surface area contributed by atoms with Crippen LogP contribution in [0.4, 0.5) is 4.79 Å². The molecule has 0 fully saturated rings. The van der Waals surface area contributed by atoms with E-state index in [2.05, 4.69) is 15.5 Å². The number of carbonyl (C=O) groups excluding carboxylic acids is 1. The summed E-state index contributed by atoms with van der Waals surface area (Å²) in [5, 5.41) is 11.0. The first kappa shape index (κ1) is 10.4. The standard InChI is InChI=1S/C7H14N6O/c1-11(2)7(14)12(3)5-6-8-9-10-13(6)4/h5H2,1-4H3. The van der Waals surface area contributed by atoms with E-state index in [1.54, 1.807) is 37.8 Å². The Bertz CT molecular complexity index is 320. The summed E-state index contributed by atoms with van der Waals surface area (Å²) in [6.45, 7) is 0.403. The van der Waals surface area contributed by atoms with E-state index in [4.69, 9.17) is 0 Å². The van der Waals surface area contributed by atoms with Crippen LogP contribution in [0.5, 0.6) is 0 Å². The Labute approximate surface area is 82.3 Å². The van der Waals surface area contributed by atoms with Crippen molar-refractivity contribution in [2.24, 2.45) is 7.05 Å². The van der Waals surface area contributed by atoms with Crippen LogP contribution in [0, 0.1) is 0 Å². The number of hydrogen-bond acceptors (Lipinski definition) is 4. The van der Waals surface area contributed by atoms with Crippen LogP contribution in [0.1, 0.15) is 5.82 Å². The van der Waals surface area contributed by atoms with E-state index in [9.17, 15) is 4.79 Å². The van der Waals surface area contributed by atoms with Crippen LogP contribution in [0.15, 0.2) is 0 Å². The molecular weight excluding hydrogens is 184 g/mol. The molecule has 0 saturated heterocycles. The summed E-state index contributed by atoms with van der Waals surface area (Å²) in [6.07, 6.45) is 0. The molecular formula is C7H14N6O. The number of nitrogens with zero attached hydrogens (tertiary/aromatic N) is 6. The third-order valence-corrected chi connectivity index (χ3v) is 1.80. The zero-order chi connectivity index (χ0) is 10.7. The molecule has 0 atom stereocenters. The highest BCUT2D eigenvalue weighted by Crippen LogP contribution is 1.98. The van der Waals surface area contributed by atoms with Gasteiger partial charge in [-0.1, -0.05) is 0 Å². The van der Waals surface area contributed by atoms with Gasteiger partial charge >= 0.3 is 6.03 Å². The van der Waals surface area contributed by atoms with Gasteiger partial charge < -0.3 is 9.80 Å². The predicted molar refractivity (Wildman–Crippen MR) is 49.3 cm³/mol. The first-order valence-corrected chi connectivity index (χ1v) is 4.16. The number of hydrogen-bond donors (Lipinski definition) is 0. The van der Waals surface area contributed by atoms with Gasteiger partial charge in [-0.2, -0.15) is 0 Å². The van der Waals surface area contributed by atoms with E-state index in [0.29, 0.717) is 12.4 Å². The van der Waals surface area contributed by atoms with Gasteiger partial charge in [-0.25, -0.2) is 9.48 Å². The van der Waals surface area contributed by atoms with Gasteiger partial charge in [0.25, 0.3) is 0 Å². The molecule has 1 heterocycles. The summed E-state index contributed by atoms with van der Waals surface area (Å²) in [6, 6.07) is -0.0759. The lowest BCUT2D eigenvalue weighted by molar-refractivity contribution is 0.178. The summed E-state index contributed by atoms with van der Waals surface area (Å²) in [5.41, 5.74) is 0. The Morgan fingerprint density at radius 3 is 2.50 bits per heavy atom. The SMILES string of the molecule is CN(C)C(=O)N(C)Cc1nnnn1C. The Morgan fingerprint density at radius 2 is 2.07 bits per heavy atom. The highest BCUT2D eigenvalue weighted by Gasteiger charge is 2.13. The highest BCUT2D eigenvalue weighted by atomic mass is 16.2. The minimum Gasteiger partial charge on any atom is -0.331 e. The number of aryl methyl sites for hydroxylation is 1. The second-order valence-corrected chi connectivity index (χ2v) is 3.25. The number of aromatic nitrogens is 4. The first-order chi connectivity index (χ1) is 6.52. The lowest BCUT2D eigenvalue weighted by Crippen LogP contribution is -2.36.